The van der Waals surface area contributed by atoms with Crippen LogP contribution >= 0.6 is 0 Å². The first-order valence-electron chi connectivity index (χ1n) is 6.48. The van der Waals surface area contributed by atoms with Gasteiger partial charge in [-0.05, 0) is 51.6 Å². The third-order valence-electron chi connectivity index (χ3n) is 3.21. The van der Waals surface area contributed by atoms with Crippen LogP contribution in [0.1, 0.15) is 47.0 Å². The Labute approximate surface area is 102 Å². The summed E-state index contributed by atoms with van der Waals surface area (Å²) < 4.78 is 0. The summed E-state index contributed by atoms with van der Waals surface area (Å²) in [5, 5.41) is 0. The van der Waals surface area contributed by atoms with Crippen LogP contribution in [0.3, 0.4) is 0 Å². The van der Waals surface area contributed by atoms with Crippen LogP contribution in [0, 0.1) is 5.41 Å². The molecule has 0 aromatic carbocycles. The molecule has 0 radical (unpaired) electrons. The van der Waals surface area contributed by atoms with Crippen molar-refractivity contribution < 1.29 is 0 Å². The lowest BCUT2D eigenvalue weighted by atomic mass is 9.84. The first-order valence-corrected chi connectivity index (χ1v) is 6.48. The van der Waals surface area contributed by atoms with Crippen LogP contribution in [0.4, 0.5) is 0 Å². The fraction of sp³-hybridized carbons (Fsp3) is 0.857. The second-order valence-corrected chi connectivity index (χ2v) is 5.68. The summed E-state index contributed by atoms with van der Waals surface area (Å²) in [5.41, 5.74) is 6.01. The van der Waals surface area contributed by atoms with Gasteiger partial charge in [-0.1, -0.05) is 19.9 Å². The van der Waals surface area contributed by atoms with Crippen molar-refractivity contribution in [2.24, 2.45) is 11.1 Å². The van der Waals surface area contributed by atoms with Crippen molar-refractivity contribution in [3.05, 3.63) is 12.7 Å². The predicted octanol–water partition coefficient (Wildman–Crippen LogP) is 3.04. The molecule has 2 heteroatoms. The van der Waals surface area contributed by atoms with Crippen LogP contribution in [-0.4, -0.2) is 30.6 Å². The molecule has 0 fully saturated rings. The topological polar surface area (TPSA) is 29.3 Å². The van der Waals surface area contributed by atoms with Gasteiger partial charge in [0.2, 0.25) is 0 Å². The molecule has 0 aliphatic carbocycles. The minimum atomic E-state index is 0.394. The average Bonchev–Trinajstić information content (AvgIpc) is 2.15. The third kappa shape index (κ3) is 7.02. The smallest absolute Gasteiger partial charge is 0.0163 e. The van der Waals surface area contributed by atoms with Crippen LogP contribution in [0.15, 0.2) is 12.7 Å². The maximum Gasteiger partial charge on any atom is 0.0163 e. The van der Waals surface area contributed by atoms with Crippen LogP contribution < -0.4 is 5.73 Å². The molecule has 0 spiro atoms. The normalized spacial score (nSPS) is 12.4. The summed E-state index contributed by atoms with van der Waals surface area (Å²) in [7, 11) is 0. The molecule has 96 valence electrons. The summed E-state index contributed by atoms with van der Waals surface area (Å²) >= 11 is 0. The molecule has 16 heavy (non-hydrogen) atoms. The minimum Gasteiger partial charge on any atom is -0.330 e. The molecule has 0 rings (SSSR count). The molecule has 0 amide bonds. The van der Waals surface area contributed by atoms with Gasteiger partial charge in [-0.15, -0.1) is 6.58 Å². The van der Waals surface area contributed by atoms with Crippen molar-refractivity contribution in [1.82, 2.24) is 4.90 Å². The number of hydrogen-bond acceptors (Lipinski definition) is 2. The van der Waals surface area contributed by atoms with Gasteiger partial charge in [-0.2, -0.15) is 0 Å². The largest absolute Gasteiger partial charge is 0.330 e. The van der Waals surface area contributed by atoms with Crippen molar-refractivity contribution in [2.75, 3.05) is 19.6 Å². The van der Waals surface area contributed by atoms with Gasteiger partial charge in [0.25, 0.3) is 0 Å². The molecule has 0 aromatic rings. The predicted molar refractivity (Wildman–Crippen MR) is 73.6 cm³/mol. The highest BCUT2D eigenvalue weighted by atomic mass is 15.1. The molecular formula is C14H30N2. The zero-order chi connectivity index (χ0) is 12.6. The second kappa shape index (κ2) is 7.86. The number of nitrogens with two attached hydrogens (primary N) is 1. The summed E-state index contributed by atoms with van der Waals surface area (Å²) in [5.74, 6) is 0. The van der Waals surface area contributed by atoms with Gasteiger partial charge in [0.1, 0.15) is 0 Å². The van der Waals surface area contributed by atoms with Gasteiger partial charge in [-0.25, -0.2) is 0 Å². The van der Waals surface area contributed by atoms with Gasteiger partial charge >= 0.3 is 0 Å². The molecule has 0 aliphatic heterocycles. The fourth-order valence-corrected chi connectivity index (χ4v) is 2.00. The Hall–Kier alpha value is -0.340. The first-order chi connectivity index (χ1) is 7.43. The molecular weight excluding hydrogens is 196 g/mol. The molecule has 0 heterocycles. The van der Waals surface area contributed by atoms with Crippen LogP contribution in [-0.2, 0) is 0 Å². The lowest BCUT2D eigenvalue weighted by molar-refractivity contribution is 0.216. The van der Waals surface area contributed by atoms with Crippen molar-refractivity contribution in [1.29, 1.82) is 0 Å². The Kier molecular flexibility index (Phi) is 7.69. The lowest BCUT2D eigenvalue weighted by Crippen LogP contribution is -2.32. The Morgan fingerprint density at radius 1 is 1.31 bits per heavy atom. The quantitative estimate of drug-likeness (QED) is 0.612. The van der Waals surface area contributed by atoms with E-state index < -0.39 is 0 Å². The molecule has 0 saturated carbocycles. The van der Waals surface area contributed by atoms with E-state index in [1.807, 2.05) is 6.08 Å². The third-order valence-corrected chi connectivity index (χ3v) is 3.21. The maximum absolute atomic E-state index is 5.62. The molecule has 2 N–H and O–H groups in total. The molecule has 0 unspecified atom stereocenters. The van der Waals surface area contributed by atoms with E-state index >= 15 is 0 Å². The van der Waals surface area contributed by atoms with Gasteiger partial charge < -0.3 is 5.73 Å². The molecule has 0 bridgehead atoms. The van der Waals surface area contributed by atoms with E-state index in [1.165, 1.54) is 12.8 Å². The van der Waals surface area contributed by atoms with Crippen LogP contribution in [0.25, 0.3) is 0 Å². The van der Waals surface area contributed by atoms with E-state index in [0.717, 1.165) is 26.1 Å². The fourth-order valence-electron chi connectivity index (χ4n) is 2.00. The lowest BCUT2D eigenvalue weighted by Gasteiger charge is -2.28. The van der Waals surface area contributed by atoms with Gasteiger partial charge in [-0.3, -0.25) is 4.90 Å². The SMILES string of the molecule is C=CCN(CCCC(C)(C)CCN)C(C)C. The van der Waals surface area contributed by atoms with Crippen molar-refractivity contribution in [3.8, 4) is 0 Å². The summed E-state index contributed by atoms with van der Waals surface area (Å²) in [6.07, 6.45) is 5.62. The van der Waals surface area contributed by atoms with E-state index in [1.54, 1.807) is 0 Å². The van der Waals surface area contributed by atoms with Gasteiger partial charge in [0, 0.05) is 12.6 Å². The van der Waals surface area contributed by atoms with E-state index in [4.69, 9.17) is 5.73 Å². The molecule has 2 nitrogen and oxygen atoms in total. The van der Waals surface area contributed by atoms with Crippen molar-refractivity contribution >= 4 is 0 Å². The summed E-state index contributed by atoms with van der Waals surface area (Å²) in [4.78, 5) is 2.46. The average molecular weight is 226 g/mol. The van der Waals surface area contributed by atoms with E-state index in [0.29, 0.717) is 11.5 Å². The van der Waals surface area contributed by atoms with Crippen LogP contribution in [0.2, 0.25) is 0 Å². The first kappa shape index (κ1) is 15.7. The summed E-state index contributed by atoms with van der Waals surface area (Å²) in [6, 6.07) is 0.607. The van der Waals surface area contributed by atoms with Crippen molar-refractivity contribution in [3.63, 3.8) is 0 Å². The maximum atomic E-state index is 5.62. The van der Waals surface area contributed by atoms with Crippen LogP contribution in [0.5, 0.6) is 0 Å². The van der Waals surface area contributed by atoms with E-state index in [-0.39, 0.29) is 0 Å². The number of rotatable bonds is 9. The monoisotopic (exact) mass is 226 g/mol. The Balaban J connectivity index is 3.89. The van der Waals surface area contributed by atoms with Gasteiger partial charge in [0.05, 0.1) is 0 Å². The minimum absolute atomic E-state index is 0.394. The molecule has 0 aromatic heterocycles. The Bertz CT molecular complexity index is 185. The standard InChI is InChI=1S/C14H30N2/c1-6-11-16(13(2)3)12-7-8-14(4,5)9-10-15/h6,13H,1,7-12,15H2,2-5H3. The zero-order valence-electron chi connectivity index (χ0n) is 11.6. The zero-order valence-corrected chi connectivity index (χ0v) is 11.6. The molecule has 0 aliphatic rings. The Morgan fingerprint density at radius 3 is 2.38 bits per heavy atom. The van der Waals surface area contributed by atoms with E-state index in [9.17, 15) is 0 Å². The summed E-state index contributed by atoms with van der Waals surface area (Å²) in [6.45, 7) is 15.9. The molecule has 0 saturated heterocycles. The number of hydrogen-bond donors (Lipinski definition) is 1. The van der Waals surface area contributed by atoms with E-state index in [2.05, 4.69) is 39.2 Å². The van der Waals surface area contributed by atoms with Gasteiger partial charge in [0.15, 0.2) is 0 Å². The highest BCUT2D eigenvalue weighted by Gasteiger charge is 2.17. The van der Waals surface area contributed by atoms with Crippen molar-refractivity contribution in [2.45, 2.75) is 53.0 Å². The molecule has 0 atom stereocenters. The highest BCUT2D eigenvalue weighted by Crippen LogP contribution is 2.26. The Morgan fingerprint density at radius 2 is 1.94 bits per heavy atom. The number of nitrogens with zero attached hydrogens (tertiary/aromatic N) is 1. The highest BCUT2D eigenvalue weighted by molar-refractivity contribution is 4.77. The second-order valence-electron chi connectivity index (χ2n) is 5.68.